The van der Waals surface area contributed by atoms with E-state index in [0.717, 1.165) is 9.75 Å². The Labute approximate surface area is 116 Å². The average Bonchev–Trinajstić information content (AvgIpc) is 2.95. The van der Waals surface area contributed by atoms with Gasteiger partial charge in [-0.05, 0) is 43.7 Å². The SMILES string of the molecule is Cc1ccc(C(=O)N2C[C@H]3C[C@H](O)[C@H](O)C[C@H]3C2)s1. The van der Waals surface area contributed by atoms with Gasteiger partial charge in [0.25, 0.3) is 5.91 Å². The van der Waals surface area contributed by atoms with Crippen molar-refractivity contribution in [3.8, 4) is 0 Å². The molecule has 0 bridgehead atoms. The van der Waals surface area contributed by atoms with Crippen LogP contribution in [0.3, 0.4) is 0 Å². The fourth-order valence-corrected chi connectivity index (χ4v) is 4.11. The summed E-state index contributed by atoms with van der Waals surface area (Å²) in [5, 5.41) is 19.4. The van der Waals surface area contributed by atoms with Crippen LogP contribution in [0, 0.1) is 18.8 Å². The third-order valence-corrected chi connectivity index (χ3v) is 5.34. The van der Waals surface area contributed by atoms with E-state index in [1.165, 1.54) is 11.3 Å². The fraction of sp³-hybridized carbons (Fsp3) is 0.643. The minimum Gasteiger partial charge on any atom is -0.390 e. The molecule has 2 heterocycles. The first-order chi connectivity index (χ1) is 9.04. The molecule has 5 heteroatoms. The number of aliphatic hydroxyl groups is 2. The van der Waals surface area contributed by atoms with Gasteiger partial charge < -0.3 is 15.1 Å². The number of aryl methyl sites for hydroxylation is 1. The lowest BCUT2D eigenvalue weighted by Crippen LogP contribution is -2.38. The first-order valence-electron chi connectivity index (χ1n) is 6.76. The molecule has 1 saturated carbocycles. The standard InChI is InChI=1S/C14H19NO3S/c1-8-2-3-13(19-8)14(18)15-6-9-4-11(16)12(17)5-10(9)7-15/h2-3,9-12,16-17H,4-7H2,1H3/t9-,10+,11+,12-. The number of aliphatic hydroxyl groups excluding tert-OH is 2. The number of thiophene rings is 1. The van der Waals surface area contributed by atoms with E-state index in [9.17, 15) is 15.0 Å². The number of carbonyl (C=O) groups excluding carboxylic acids is 1. The molecule has 1 aromatic heterocycles. The second-order valence-electron chi connectivity index (χ2n) is 5.75. The highest BCUT2D eigenvalue weighted by atomic mass is 32.1. The van der Waals surface area contributed by atoms with Crippen molar-refractivity contribution in [3.05, 3.63) is 21.9 Å². The minimum absolute atomic E-state index is 0.0940. The van der Waals surface area contributed by atoms with E-state index in [0.29, 0.717) is 37.8 Å². The molecule has 0 unspecified atom stereocenters. The topological polar surface area (TPSA) is 60.8 Å². The predicted molar refractivity (Wildman–Crippen MR) is 73.2 cm³/mol. The van der Waals surface area contributed by atoms with Crippen LogP contribution in [0.15, 0.2) is 12.1 Å². The number of rotatable bonds is 1. The van der Waals surface area contributed by atoms with Crippen LogP contribution < -0.4 is 0 Å². The summed E-state index contributed by atoms with van der Waals surface area (Å²) < 4.78 is 0. The lowest BCUT2D eigenvalue weighted by Gasteiger charge is -2.31. The Kier molecular flexibility index (Phi) is 3.37. The Morgan fingerprint density at radius 1 is 1.21 bits per heavy atom. The molecule has 1 saturated heterocycles. The van der Waals surface area contributed by atoms with E-state index in [1.54, 1.807) is 0 Å². The highest BCUT2D eigenvalue weighted by molar-refractivity contribution is 7.13. The summed E-state index contributed by atoms with van der Waals surface area (Å²) in [6.07, 6.45) is -0.0291. The van der Waals surface area contributed by atoms with Crippen molar-refractivity contribution in [2.24, 2.45) is 11.8 Å². The summed E-state index contributed by atoms with van der Waals surface area (Å²) in [5.41, 5.74) is 0. The van der Waals surface area contributed by atoms with Crippen LogP contribution in [0.1, 0.15) is 27.4 Å². The summed E-state index contributed by atoms with van der Waals surface area (Å²) in [5.74, 6) is 0.767. The van der Waals surface area contributed by atoms with Crippen LogP contribution in [0.4, 0.5) is 0 Å². The maximum atomic E-state index is 12.4. The van der Waals surface area contributed by atoms with Gasteiger partial charge in [0, 0.05) is 18.0 Å². The van der Waals surface area contributed by atoms with Crippen molar-refractivity contribution in [3.63, 3.8) is 0 Å². The Morgan fingerprint density at radius 3 is 2.26 bits per heavy atom. The molecule has 4 nitrogen and oxygen atoms in total. The average molecular weight is 281 g/mol. The molecule has 1 aromatic rings. The second kappa shape index (κ2) is 4.89. The summed E-state index contributed by atoms with van der Waals surface area (Å²) in [7, 11) is 0. The van der Waals surface area contributed by atoms with Gasteiger partial charge >= 0.3 is 0 Å². The smallest absolute Gasteiger partial charge is 0.263 e. The molecular formula is C14H19NO3S. The molecule has 0 radical (unpaired) electrons. The van der Waals surface area contributed by atoms with Gasteiger partial charge in [-0.25, -0.2) is 0 Å². The summed E-state index contributed by atoms with van der Waals surface area (Å²) in [6.45, 7) is 3.42. The fourth-order valence-electron chi connectivity index (χ4n) is 3.28. The highest BCUT2D eigenvalue weighted by Gasteiger charge is 2.42. The maximum absolute atomic E-state index is 12.4. The third kappa shape index (κ3) is 2.42. The number of fused-ring (bicyclic) bond motifs is 1. The van der Waals surface area contributed by atoms with Crippen LogP contribution in [0.25, 0.3) is 0 Å². The number of carbonyl (C=O) groups is 1. The zero-order valence-corrected chi connectivity index (χ0v) is 11.8. The van der Waals surface area contributed by atoms with E-state index in [-0.39, 0.29) is 5.91 Å². The van der Waals surface area contributed by atoms with Crippen molar-refractivity contribution in [2.45, 2.75) is 32.0 Å². The van der Waals surface area contributed by atoms with Gasteiger partial charge in [0.1, 0.15) is 0 Å². The number of hydrogen-bond acceptors (Lipinski definition) is 4. The molecule has 0 spiro atoms. The predicted octanol–water partition coefficient (Wildman–Crippen LogP) is 1.26. The molecule has 19 heavy (non-hydrogen) atoms. The van der Waals surface area contributed by atoms with Gasteiger partial charge in [-0.3, -0.25) is 4.79 Å². The van der Waals surface area contributed by atoms with Crippen molar-refractivity contribution >= 4 is 17.2 Å². The van der Waals surface area contributed by atoms with Crippen molar-refractivity contribution in [1.82, 2.24) is 4.90 Å². The molecule has 3 rings (SSSR count). The summed E-state index contributed by atoms with van der Waals surface area (Å²) in [6, 6.07) is 3.85. The molecule has 4 atom stereocenters. The lowest BCUT2D eigenvalue weighted by atomic mass is 9.79. The third-order valence-electron chi connectivity index (χ3n) is 4.35. The first kappa shape index (κ1) is 13.1. The van der Waals surface area contributed by atoms with E-state index >= 15 is 0 Å². The Balaban J connectivity index is 1.70. The Hall–Kier alpha value is -0.910. The summed E-state index contributed by atoms with van der Waals surface area (Å²) >= 11 is 1.53. The molecule has 2 aliphatic rings. The van der Waals surface area contributed by atoms with Gasteiger partial charge in [0.2, 0.25) is 0 Å². The second-order valence-corrected chi connectivity index (χ2v) is 7.03. The van der Waals surface area contributed by atoms with Gasteiger partial charge in [-0.1, -0.05) is 0 Å². The van der Waals surface area contributed by atoms with Crippen LogP contribution in [-0.2, 0) is 0 Å². The molecule has 2 N–H and O–H groups in total. The van der Waals surface area contributed by atoms with E-state index in [1.807, 2.05) is 24.0 Å². The zero-order valence-electron chi connectivity index (χ0n) is 11.0. The lowest BCUT2D eigenvalue weighted by molar-refractivity contribution is -0.0372. The summed E-state index contributed by atoms with van der Waals surface area (Å²) in [4.78, 5) is 16.2. The highest BCUT2D eigenvalue weighted by Crippen LogP contribution is 2.37. The molecule has 0 aromatic carbocycles. The first-order valence-corrected chi connectivity index (χ1v) is 7.58. The number of nitrogens with zero attached hydrogens (tertiary/aromatic N) is 1. The Morgan fingerprint density at radius 2 is 1.79 bits per heavy atom. The molecule has 1 aliphatic heterocycles. The Bertz CT molecular complexity index is 469. The number of amides is 1. The van der Waals surface area contributed by atoms with Gasteiger partial charge in [0.15, 0.2) is 0 Å². The van der Waals surface area contributed by atoms with Crippen LogP contribution in [0.2, 0.25) is 0 Å². The van der Waals surface area contributed by atoms with Crippen molar-refractivity contribution in [2.75, 3.05) is 13.1 Å². The van der Waals surface area contributed by atoms with Crippen LogP contribution in [-0.4, -0.2) is 46.3 Å². The molecule has 1 aliphatic carbocycles. The van der Waals surface area contributed by atoms with E-state index < -0.39 is 12.2 Å². The molecule has 1 amide bonds. The molecule has 2 fully saturated rings. The normalized spacial score (nSPS) is 34.4. The zero-order chi connectivity index (χ0) is 13.6. The maximum Gasteiger partial charge on any atom is 0.263 e. The van der Waals surface area contributed by atoms with Gasteiger partial charge in [-0.15, -0.1) is 11.3 Å². The largest absolute Gasteiger partial charge is 0.390 e. The van der Waals surface area contributed by atoms with Gasteiger partial charge in [0.05, 0.1) is 17.1 Å². The van der Waals surface area contributed by atoms with Crippen molar-refractivity contribution < 1.29 is 15.0 Å². The quantitative estimate of drug-likeness (QED) is 0.814. The number of hydrogen-bond donors (Lipinski definition) is 2. The minimum atomic E-state index is -0.625. The van der Waals surface area contributed by atoms with Crippen LogP contribution in [0.5, 0.6) is 0 Å². The van der Waals surface area contributed by atoms with E-state index in [2.05, 4.69) is 0 Å². The van der Waals surface area contributed by atoms with Gasteiger partial charge in [-0.2, -0.15) is 0 Å². The molecule has 104 valence electrons. The van der Waals surface area contributed by atoms with E-state index in [4.69, 9.17) is 0 Å². The van der Waals surface area contributed by atoms with Crippen molar-refractivity contribution in [1.29, 1.82) is 0 Å². The number of likely N-dealkylation sites (tertiary alicyclic amines) is 1. The van der Waals surface area contributed by atoms with Crippen LogP contribution >= 0.6 is 11.3 Å². The monoisotopic (exact) mass is 281 g/mol. The molecular weight excluding hydrogens is 262 g/mol.